The fourth-order valence-corrected chi connectivity index (χ4v) is 2.74. The van der Waals surface area contributed by atoms with E-state index in [9.17, 15) is 17.6 Å². The van der Waals surface area contributed by atoms with E-state index in [0.717, 1.165) is 12.1 Å². The van der Waals surface area contributed by atoms with Crippen LogP contribution in [-0.2, 0) is 10.0 Å². The predicted octanol–water partition coefficient (Wildman–Crippen LogP) is 1.57. The Bertz CT molecular complexity index is 754. The summed E-state index contributed by atoms with van der Waals surface area (Å²) in [6.45, 7) is 1.30. The lowest BCUT2D eigenvalue weighted by molar-refractivity contribution is 0.0691. The van der Waals surface area contributed by atoms with Gasteiger partial charge < -0.3 is 5.11 Å². The number of rotatable bonds is 4. The molecule has 6 nitrogen and oxygen atoms in total. The molecule has 0 unspecified atom stereocenters. The normalized spacial score (nSPS) is 11.3. The molecule has 0 amide bonds. The summed E-state index contributed by atoms with van der Waals surface area (Å²) in [5.41, 5.74) is -0.740. The van der Waals surface area contributed by atoms with Crippen LogP contribution in [0.3, 0.4) is 0 Å². The summed E-state index contributed by atoms with van der Waals surface area (Å²) < 4.78 is 39.0. The highest BCUT2D eigenvalue weighted by Gasteiger charge is 2.21. The van der Waals surface area contributed by atoms with Crippen LogP contribution < -0.4 is 4.83 Å². The smallest absolute Gasteiger partial charge is 0.338 e. The van der Waals surface area contributed by atoms with Gasteiger partial charge in [0, 0.05) is 12.4 Å². The van der Waals surface area contributed by atoms with Crippen molar-refractivity contribution in [3.05, 3.63) is 53.6 Å². The number of hydrogen-bond donors (Lipinski definition) is 2. The number of nitrogens with one attached hydrogen (secondary N) is 1. The third-order valence-electron chi connectivity index (χ3n) is 2.60. The number of nitrogens with zero attached hydrogens (tertiary/aromatic N) is 1. The van der Waals surface area contributed by atoms with E-state index in [1.807, 2.05) is 0 Å². The molecule has 8 heteroatoms. The Morgan fingerprint density at radius 3 is 2.45 bits per heavy atom. The van der Waals surface area contributed by atoms with Crippen molar-refractivity contribution in [2.75, 3.05) is 4.83 Å². The molecule has 0 radical (unpaired) electrons. The molecule has 2 N–H and O–H groups in total. The molecule has 0 atom stereocenters. The number of carboxylic acids is 1. The van der Waals surface area contributed by atoms with Gasteiger partial charge >= 0.3 is 5.97 Å². The van der Waals surface area contributed by atoms with Gasteiger partial charge in [0.15, 0.2) is 0 Å². The lowest BCUT2D eigenvalue weighted by atomic mass is 10.1. The molecule has 20 heavy (non-hydrogen) atoms. The van der Waals surface area contributed by atoms with Gasteiger partial charge in [0.2, 0.25) is 0 Å². The third-order valence-corrected chi connectivity index (χ3v) is 3.91. The van der Waals surface area contributed by atoms with Crippen molar-refractivity contribution in [3.63, 3.8) is 0 Å². The zero-order valence-corrected chi connectivity index (χ0v) is 11.2. The van der Waals surface area contributed by atoms with Crippen LogP contribution in [0.2, 0.25) is 0 Å². The number of benzene rings is 1. The van der Waals surface area contributed by atoms with Gasteiger partial charge in [-0.1, -0.05) is 0 Å². The topological polar surface area (TPSA) is 88.4 Å². The van der Waals surface area contributed by atoms with Crippen molar-refractivity contribution in [2.24, 2.45) is 0 Å². The number of carboxylic acid groups (broad SMARTS) is 1. The van der Waals surface area contributed by atoms with Crippen LogP contribution in [-0.4, -0.2) is 24.2 Å². The van der Waals surface area contributed by atoms with Gasteiger partial charge in [-0.2, -0.15) is 8.42 Å². The number of aromatic carboxylic acids is 1. The minimum Gasteiger partial charge on any atom is -0.478 e. The number of hydrogen-bond acceptors (Lipinski definition) is 3. The summed E-state index contributed by atoms with van der Waals surface area (Å²) in [5.74, 6) is -2.47. The summed E-state index contributed by atoms with van der Waals surface area (Å²) in [7, 11) is -4.00. The Morgan fingerprint density at radius 2 is 1.90 bits per heavy atom. The summed E-state index contributed by atoms with van der Waals surface area (Å²) in [4.78, 5) is 12.8. The summed E-state index contributed by atoms with van der Waals surface area (Å²) in [5, 5.41) is 8.88. The van der Waals surface area contributed by atoms with Gasteiger partial charge in [0.25, 0.3) is 10.0 Å². The lowest BCUT2D eigenvalue weighted by Gasteiger charge is -2.11. The van der Waals surface area contributed by atoms with Crippen LogP contribution in [0, 0.1) is 12.7 Å². The van der Waals surface area contributed by atoms with Gasteiger partial charge in [-0.25, -0.2) is 14.0 Å². The average Bonchev–Trinajstić information content (AvgIpc) is 2.83. The van der Waals surface area contributed by atoms with E-state index in [2.05, 4.69) is 4.83 Å². The van der Waals surface area contributed by atoms with Crippen molar-refractivity contribution >= 4 is 16.0 Å². The molecule has 1 heterocycles. The zero-order chi connectivity index (χ0) is 14.9. The SMILES string of the molecule is Cc1cc(S(=O)(=O)Nn2cccc2)cc(C(=O)O)c1F. The average molecular weight is 298 g/mol. The van der Waals surface area contributed by atoms with Gasteiger partial charge in [-0.15, -0.1) is 0 Å². The second-order valence-corrected chi connectivity index (χ2v) is 5.75. The Hall–Kier alpha value is -2.35. The Balaban J connectivity index is 2.49. The Labute approximate surface area is 114 Å². The molecule has 0 bridgehead atoms. The molecule has 0 saturated heterocycles. The van der Waals surface area contributed by atoms with Crippen LogP contribution in [0.1, 0.15) is 15.9 Å². The molecular weight excluding hydrogens is 287 g/mol. The maximum absolute atomic E-state index is 13.6. The summed E-state index contributed by atoms with van der Waals surface area (Å²) >= 11 is 0. The third kappa shape index (κ3) is 2.64. The minimum absolute atomic E-state index is 0.0576. The number of aromatic nitrogens is 1. The van der Waals surface area contributed by atoms with Gasteiger partial charge in [0.1, 0.15) is 5.82 Å². The maximum atomic E-state index is 13.6. The number of sulfonamides is 1. The van der Waals surface area contributed by atoms with Gasteiger partial charge in [0.05, 0.1) is 10.5 Å². The van der Waals surface area contributed by atoms with Crippen molar-refractivity contribution in [1.29, 1.82) is 0 Å². The van der Waals surface area contributed by atoms with E-state index < -0.39 is 27.4 Å². The highest BCUT2D eigenvalue weighted by Crippen LogP contribution is 2.19. The first-order chi connectivity index (χ1) is 9.31. The molecule has 0 aliphatic rings. The minimum atomic E-state index is -4.00. The second-order valence-electron chi connectivity index (χ2n) is 4.09. The largest absolute Gasteiger partial charge is 0.478 e. The zero-order valence-electron chi connectivity index (χ0n) is 10.4. The van der Waals surface area contributed by atoms with Crippen LogP contribution in [0.4, 0.5) is 4.39 Å². The highest BCUT2D eigenvalue weighted by atomic mass is 32.2. The Morgan fingerprint density at radius 1 is 1.30 bits per heavy atom. The first-order valence-corrected chi connectivity index (χ1v) is 6.99. The van der Waals surface area contributed by atoms with Crippen LogP contribution >= 0.6 is 0 Å². The maximum Gasteiger partial charge on any atom is 0.338 e. The fraction of sp³-hybridized carbons (Fsp3) is 0.0833. The second kappa shape index (κ2) is 4.97. The van der Waals surface area contributed by atoms with Crippen LogP contribution in [0.25, 0.3) is 0 Å². The molecule has 0 aliphatic carbocycles. The van der Waals surface area contributed by atoms with E-state index in [-0.39, 0.29) is 10.5 Å². The van der Waals surface area contributed by atoms with E-state index >= 15 is 0 Å². The lowest BCUT2D eigenvalue weighted by Crippen LogP contribution is -2.22. The summed E-state index contributed by atoms with van der Waals surface area (Å²) in [6.07, 6.45) is 2.93. The molecule has 1 aromatic heterocycles. The molecule has 0 fully saturated rings. The van der Waals surface area contributed by atoms with Crippen molar-refractivity contribution < 1.29 is 22.7 Å². The van der Waals surface area contributed by atoms with E-state index in [4.69, 9.17) is 5.11 Å². The molecule has 2 aromatic rings. The number of halogens is 1. The van der Waals surface area contributed by atoms with E-state index in [1.54, 1.807) is 12.1 Å². The summed E-state index contributed by atoms with van der Waals surface area (Å²) in [6, 6.07) is 5.09. The number of carbonyl (C=O) groups is 1. The van der Waals surface area contributed by atoms with Crippen LogP contribution in [0.15, 0.2) is 41.6 Å². The molecule has 0 saturated carbocycles. The number of aryl methyl sites for hydroxylation is 1. The van der Waals surface area contributed by atoms with Crippen molar-refractivity contribution in [2.45, 2.75) is 11.8 Å². The van der Waals surface area contributed by atoms with E-state index in [0.29, 0.717) is 0 Å². The molecule has 106 valence electrons. The quantitative estimate of drug-likeness (QED) is 0.896. The monoisotopic (exact) mass is 298 g/mol. The molecule has 0 aliphatic heterocycles. The molecule has 1 aromatic carbocycles. The first-order valence-electron chi connectivity index (χ1n) is 5.50. The Kier molecular flexibility index (Phi) is 3.49. The molecule has 2 rings (SSSR count). The molecular formula is C12H11FN2O4S. The van der Waals surface area contributed by atoms with Crippen molar-refractivity contribution in [1.82, 2.24) is 4.68 Å². The van der Waals surface area contributed by atoms with Gasteiger partial charge in [-0.3, -0.25) is 4.68 Å². The van der Waals surface area contributed by atoms with E-state index in [1.165, 1.54) is 24.0 Å². The first kappa shape index (κ1) is 14.1. The fourth-order valence-electron chi connectivity index (χ4n) is 1.63. The highest BCUT2D eigenvalue weighted by molar-refractivity contribution is 7.92. The van der Waals surface area contributed by atoms with Crippen molar-refractivity contribution in [3.8, 4) is 0 Å². The predicted molar refractivity (Wildman–Crippen MR) is 69.1 cm³/mol. The molecule has 0 spiro atoms. The van der Waals surface area contributed by atoms with Crippen LogP contribution in [0.5, 0.6) is 0 Å². The standard InChI is InChI=1S/C12H11FN2O4S/c1-8-6-9(7-10(11(8)13)12(16)17)20(18,19)14-15-4-2-3-5-15/h2-7,14H,1H3,(H,16,17). The van der Waals surface area contributed by atoms with Gasteiger partial charge in [-0.05, 0) is 36.8 Å².